The summed E-state index contributed by atoms with van der Waals surface area (Å²) in [6, 6.07) is 10.5. The van der Waals surface area contributed by atoms with Crippen molar-refractivity contribution in [2.24, 2.45) is 5.92 Å². The molecule has 0 unspecified atom stereocenters. The quantitative estimate of drug-likeness (QED) is 0.877. The summed E-state index contributed by atoms with van der Waals surface area (Å²) in [6.07, 6.45) is 0.876. The summed E-state index contributed by atoms with van der Waals surface area (Å²) in [7, 11) is 0. The van der Waals surface area contributed by atoms with E-state index in [1.165, 1.54) is 6.42 Å². The van der Waals surface area contributed by atoms with Crippen LogP contribution in [0.2, 0.25) is 0 Å². The van der Waals surface area contributed by atoms with Crippen LogP contribution in [-0.2, 0) is 11.3 Å². The zero-order valence-corrected chi connectivity index (χ0v) is 10.8. The molecule has 1 aromatic carbocycles. The molecule has 0 radical (unpaired) electrons. The molecule has 4 nitrogen and oxygen atoms in total. The molecule has 4 rings (SSSR count). The molecule has 2 saturated heterocycles. The Bertz CT molecular complexity index is 399. The summed E-state index contributed by atoms with van der Waals surface area (Å²) in [5, 5.41) is 6.28. The van der Waals surface area contributed by atoms with Crippen LogP contribution in [0.5, 0.6) is 0 Å². The van der Waals surface area contributed by atoms with Crippen LogP contribution in [0.1, 0.15) is 12.0 Å². The van der Waals surface area contributed by atoms with Crippen LogP contribution >= 0.6 is 12.4 Å². The van der Waals surface area contributed by atoms with Gasteiger partial charge in [0, 0.05) is 12.6 Å². The van der Waals surface area contributed by atoms with Crippen LogP contribution in [0.4, 0.5) is 4.79 Å². The molecule has 3 aliphatic rings. The van der Waals surface area contributed by atoms with Crippen LogP contribution in [0.25, 0.3) is 0 Å². The van der Waals surface area contributed by atoms with Gasteiger partial charge in [-0.05, 0) is 17.9 Å². The van der Waals surface area contributed by atoms with E-state index in [-0.39, 0.29) is 24.5 Å². The average molecular weight is 269 g/mol. The number of ether oxygens (including phenoxy) is 1. The molecule has 1 aliphatic carbocycles. The molecule has 1 saturated carbocycles. The lowest BCUT2D eigenvalue weighted by Crippen LogP contribution is -2.54. The highest BCUT2D eigenvalue weighted by atomic mass is 35.5. The highest BCUT2D eigenvalue weighted by Crippen LogP contribution is 2.33. The maximum Gasteiger partial charge on any atom is 0.407 e. The van der Waals surface area contributed by atoms with E-state index >= 15 is 0 Å². The number of hydrogen-bond donors (Lipinski definition) is 2. The van der Waals surface area contributed by atoms with Gasteiger partial charge in [0.1, 0.15) is 6.61 Å². The smallest absolute Gasteiger partial charge is 0.407 e. The van der Waals surface area contributed by atoms with Gasteiger partial charge in [-0.25, -0.2) is 4.79 Å². The van der Waals surface area contributed by atoms with Crippen molar-refractivity contribution in [1.82, 2.24) is 10.6 Å². The molecule has 5 heteroatoms. The van der Waals surface area contributed by atoms with E-state index in [0.29, 0.717) is 18.6 Å². The Hall–Kier alpha value is -1.26. The van der Waals surface area contributed by atoms with Gasteiger partial charge in [-0.15, -0.1) is 12.4 Å². The van der Waals surface area contributed by atoms with Gasteiger partial charge in [-0.1, -0.05) is 30.3 Å². The molecule has 1 amide bonds. The van der Waals surface area contributed by atoms with E-state index in [9.17, 15) is 4.79 Å². The van der Waals surface area contributed by atoms with Crippen LogP contribution < -0.4 is 10.6 Å². The van der Waals surface area contributed by atoms with E-state index in [1.54, 1.807) is 0 Å². The summed E-state index contributed by atoms with van der Waals surface area (Å²) in [5.41, 5.74) is 1.01. The van der Waals surface area contributed by atoms with E-state index in [0.717, 1.165) is 12.1 Å². The number of fused-ring (bicyclic) bond motifs is 1. The van der Waals surface area contributed by atoms with Gasteiger partial charge in [0.15, 0.2) is 0 Å². The molecular weight excluding hydrogens is 252 g/mol. The molecule has 2 N–H and O–H groups in total. The number of halogens is 1. The molecule has 3 atom stereocenters. The maximum atomic E-state index is 11.6. The lowest BCUT2D eigenvalue weighted by atomic mass is 9.80. The molecular formula is C13H17ClN2O2. The first-order chi connectivity index (χ1) is 8.33. The molecule has 2 heterocycles. The number of carbonyl (C=O) groups is 1. The van der Waals surface area contributed by atoms with Gasteiger partial charge in [-0.2, -0.15) is 0 Å². The monoisotopic (exact) mass is 268 g/mol. The van der Waals surface area contributed by atoms with Gasteiger partial charge < -0.3 is 15.4 Å². The first kappa shape index (κ1) is 13.2. The fourth-order valence-corrected chi connectivity index (χ4v) is 2.59. The summed E-state index contributed by atoms with van der Waals surface area (Å²) in [6.45, 7) is 1.36. The molecule has 98 valence electrons. The highest BCUT2D eigenvalue weighted by Gasteiger charge is 2.47. The Morgan fingerprint density at radius 2 is 2.17 bits per heavy atom. The second-order valence-electron chi connectivity index (χ2n) is 4.74. The third kappa shape index (κ3) is 2.60. The Balaban J connectivity index is 0.00000120. The van der Waals surface area contributed by atoms with Crippen molar-refractivity contribution in [2.75, 3.05) is 6.54 Å². The van der Waals surface area contributed by atoms with Crippen LogP contribution in [-0.4, -0.2) is 24.7 Å². The summed E-state index contributed by atoms with van der Waals surface area (Å²) in [4.78, 5) is 11.6. The zero-order valence-electron chi connectivity index (χ0n) is 9.96. The largest absolute Gasteiger partial charge is 0.445 e. The molecule has 1 aromatic rings. The van der Waals surface area contributed by atoms with Crippen molar-refractivity contribution in [3.63, 3.8) is 0 Å². The van der Waals surface area contributed by atoms with Crippen molar-refractivity contribution in [2.45, 2.75) is 25.1 Å². The van der Waals surface area contributed by atoms with E-state index in [2.05, 4.69) is 10.6 Å². The third-order valence-electron chi connectivity index (χ3n) is 3.64. The van der Waals surface area contributed by atoms with Gasteiger partial charge in [0.25, 0.3) is 0 Å². The third-order valence-corrected chi connectivity index (χ3v) is 3.64. The number of nitrogens with one attached hydrogen (secondary N) is 2. The standard InChI is InChI=1S/C13H16N2O2.ClH/c16-13(15-12-10-6-11(12)14-7-10)17-8-9-4-2-1-3-5-9;/h1-5,10-12,14H,6-8H2,(H,15,16);1H/t10-,11-,12+;/m1./s1. The first-order valence-electron chi connectivity index (χ1n) is 6.03. The second-order valence-corrected chi connectivity index (χ2v) is 4.74. The Kier molecular flexibility index (Phi) is 4.09. The van der Waals surface area contributed by atoms with Crippen LogP contribution in [0, 0.1) is 5.92 Å². The molecule has 0 spiro atoms. The maximum absolute atomic E-state index is 11.6. The minimum Gasteiger partial charge on any atom is -0.445 e. The minimum absolute atomic E-state index is 0. The Labute approximate surface area is 113 Å². The van der Waals surface area contributed by atoms with Gasteiger partial charge >= 0.3 is 6.09 Å². The van der Waals surface area contributed by atoms with Crippen molar-refractivity contribution < 1.29 is 9.53 Å². The van der Waals surface area contributed by atoms with Gasteiger partial charge in [-0.3, -0.25) is 0 Å². The minimum atomic E-state index is -0.308. The number of rotatable bonds is 3. The van der Waals surface area contributed by atoms with E-state index in [1.807, 2.05) is 30.3 Å². The number of hydrogen-bond acceptors (Lipinski definition) is 3. The zero-order chi connectivity index (χ0) is 11.7. The summed E-state index contributed by atoms with van der Waals surface area (Å²) < 4.78 is 5.18. The molecule has 3 fully saturated rings. The second kappa shape index (κ2) is 5.59. The Morgan fingerprint density at radius 3 is 2.78 bits per heavy atom. The topological polar surface area (TPSA) is 50.4 Å². The first-order valence-corrected chi connectivity index (χ1v) is 6.03. The highest BCUT2D eigenvalue weighted by molar-refractivity contribution is 5.85. The predicted molar refractivity (Wildman–Crippen MR) is 70.7 cm³/mol. The SMILES string of the molecule is Cl.O=C(N[C@H]1[C@H]2CN[C@@H]1C2)OCc1ccccc1. The lowest BCUT2D eigenvalue weighted by Gasteiger charge is -2.34. The van der Waals surface area contributed by atoms with Crippen molar-refractivity contribution in [3.05, 3.63) is 35.9 Å². The fourth-order valence-electron chi connectivity index (χ4n) is 2.59. The number of amides is 1. The summed E-state index contributed by atoms with van der Waals surface area (Å²) >= 11 is 0. The normalized spacial score (nSPS) is 27.9. The van der Waals surface area contributed by atoms with Crippen molar-refractivity contribution in [3.8, 4) is 0 Å². The number of alkyl carbamates (subject to hydrolysis) is 1. The van der Waals surface area contributed by atoms with Crippen LogP contribution in [0.3, 0.4) is 0 Å². The summed E-state index contributed by atoms with van der Waals surface area (Å²) in [5.74, 6) is 0.601. The molecule has 2 aliphatic heterocycles. The number of benzene rings is 1. The fraction of sp³-hybridized carbons (Fsp3) is 0.462. The lowest BCUT2D eigenvalue weighted by molar-refractivity contribution is 0.123. The number of carbonyl (C=O) groups excluding carboxylic acids is 1. The van der Waals surface area contributed by atoms with E-state index in [4.69, 9.17) is 4.74 Å². The molecule has 2 bridgehead atoms. The van der Waals surface area contributed by atoms with Crippen molar-refractivity contribution in [1.29, 1.82) is 0 Å². The van der Waals surface area contributed by atoms with Gasteiger partial charge in [0.05, 0.1) is 6.04 Å². The Morgan fingerprint density at radius 1 is 1.39 bits per heavy atom. The molecule has 18 heavy (non-hydrogen) atoms. The van der Waals surface area contributed by atoms with Gasteiger partial charge in [0.2, 0.25) is 0 Å². The average Bonchev–Trinajstić information content (AvgIpc) is 2.98. The van der Waals surface area contributed by atoms with Crippen molar-refractivity contribution >= 4 is 18.5 Å². The molecule has 0 aromatic heterocycles. The van der Waals surface area contributed by atoms with E-state index < -0.39 is 0 Å². The van der Waals surface area contributed by atoms with Crippen LogP contribution in [0.15, 0.2) is 30.3 Å². The predicted octanol–water partition coefficient (Wildman–Crippen LogP) is 1.69.